The summed E-state index contributed by atoms with van der Waals surface area (Å²) in [7, 11) is -3.74. The molecule has 112 valence electrons. The molecule has 1 saturated heterocycles. The minimum absolute atomic E-state index is 0.0136. The Morgan fingerprint density at radius 2 is 2.25 bits per heavy atom. The lowest BCUT2D eigenvalue weighted by atomic mass is 9.97. The van der Waals surface area contributed by atoms with Crippen LogP contribution in [0.4, 0.5) is 4.39 Å². The minimum atomic E-state index is -3.74. The van der Waals surface area contributed by atoms with Crippen molar-refractivity contribution < 1.29 is 17.5 Å². The first-order valence-electron chi connectivity index (χ1n) is 6.42. The van der Waals surface area contributed by atoms with Gasteiger partial charge in [-0.05, 0) is 38.5 Å². The number of sulfonamides is 1. The Kier molecular flexibility index (Phi) is 4.15. The van der Waals surface area contributed by atoms with Crippen LogP contribution >= 0.6 is 0 Å². The summed E-state index contributed by atoms with van der Waals surface area (Å²) in [4.78, 5) is 0.0136. The van der Waals surface area contributed by atoms with Crippen LogP contribution in [0.15, 0.2) is 23.1 Å². The third-order valence-corrected chi connectivity index (χ3v) is 5.41. The van der Waals surface area contributed by atoms with Crippen molar-refractivity contribution in [1.82, 2.24) is 4.72 Å². The Morgan fingerprint density at radius 1 is 1.55 bits per heavy atom. The van der Waals surface area contributed by atoms with Gasteiger partial charge in [0.25, 0.3) is 0 Å². The number of rotatable bonds is 4. The van der Waals surface area contributed by atoms with Crippen molar-refractivity contribution in [1.29, 1.82) is 0 Å². The van der Waals surface area contributed by atoms with Gasteiger partial charge in [-0.2, -0.15) is 0 Å². The number of nitrogens with one attached hydrogen (secondary N) is 1. The zero-order chi connectivity index (χ0) is 15.0. The van der Waals surface area contributed by atoms with E-state index in [0.717, 1.165) is 6.07 Å². The van der Waals surface area contributed by atoms with E-state index in [1.165, 1.54) is 12.1 Å². The number of ether oxygens (including phenoxy) is 1. The smallest absolute Gasteiger partial charge is 0.241 e. The molecular formula is C13H19FN2O3S. The van der Waals surface area contributed by atoms with Gasteiger partial charge in [0.2, 0.25) is 10.0 Å². The van der Waals surface area contributed by atoms with Crippen molar-refractivity contribution in [2.24, 2.45) is 5.73 Å². The molecule has 1 heterocycles. The molecule has 20 heavy (non-hydrogen) atoms. The molecule has 1 aliphatic heterocycles. The molecule has 2 rings (SSSR count). The Morgan fingerprint density at radius 3 is 2.80 bits per heavy atom. The number of nitrogens with two attached hydrogens (primary N) is 1. The summed E-state index contributed by atoms with van der Waals surface area (Å²) >= 11 is 0. The maximum Gasteiger partial charge on any atom is 0.241 e. The maximum atomic E-state index is 13.4. The van der Waals surface area contributed by atoms with Gasteiger partial charge in [-0.3, -0.25) is 0 Å². The summed E-state index contributed by atoms with van der Waals surface area (Å²) in [5.74, 6) is -0.504. The van der Waals surface area contributed by atoms with Crippen LogP contribution in [-0.4, -0.2) is 26.7 Å². The maximum absolute atomic E-state index is 13.4. The molecule has 0 saturated carbocycles. The van der Waals surface area contributed by atoms with E-state index in [0.29, 0.717) is 13.0 Å². The van der Waals surface area contributed by atoms with Crippen LogP contribution in [0.5, 0.6) is 0 Å². The van der Waals surface area contributed by atoms with Gasteiger partial charge in [0.1, 0.15) is 5.82 Å². The Balaban J connectivity index is 2.31. The predicted molar refractivity (Wildman–Crippen MR) is 73.0 cm³/mol. The van der Waals surface area contributed by atoms with Crippen molar-refractivity contribution in [2.45, 2.75) is 43.4 Å². The SMILES string of the molecule is CC1OCCC1(C)NS(=O)(=O)c1ccc(F)c(CN)c1. The van der Waals surface area contributed by atoms with Gasteiger partial charge in [0.05, 0.1) is 16.5 Å². The Hall–Kier alpha value is -1.02. The van der Waals surface area contributed by atoms with Gasteiger partial charge >= 0.3 is 0 Å². The average Bonchev–Trinajstić information content (AvgIpc) is 2.68. The molecule has 2 atom stereocenters. The molecule has 5 nitrogen and oxygen atoms in total. The number of hydrogen-bond acceptors (Lipinski definition) is 4. The van der Waals surface area contributed by atoms with Gasteiger partial charge < -0.3 is 10.5 Å². The number of halogens is 1. The molecular weight excluding hydrogens is 283 g/mol. The standard InChI is InChI=1S/C13H19FN2O3S/c1-9-13(2,5-6-19-9)16-20(17,18)11-3-4-12(14)10(7-11)8-15/h3-4,7,9,16H,5-6,8,15H2,1-2H3. The molecule has 1 aromatic carbocycles. The van der Waals surface area contributed by atoms with Gasteiger partial charge in [-0.25, -0.2) is 17.5 Å². The molecule has 2 unspecified atom stereocenters. The predicted octanol–water partition coefficient (Wildman–Crippen LogP) is 1.13. The zero-order valence-corrected chi connectivity index (χ0v) is 12.3. The van der Waals surface area contributed by atoms with E-state index in [1.54, 1.807) is 6.92 Å². The van der Waals surface area contributed by atoms with Crippen LogP contribution < -0.4 is 10.5 Å². The fourth-order valence-electron chi connectivity index (χ4n) is 2.21. The van der Waals surface area contributed by atoms with Crippen LogP contribution in [0.3, 0.4) is 0 Å². The van der Waals surface area contributed by atoms with E-state index in [-0.39, 0.29) is 23.1 Å². The number of benzene rings is 1. The molecule has 0 aliphatic carbocycles. The summed E-state index contributed by atoms with van der Waals surface area (Å²) in [6, 6.07) is 3.62. The van der Waals surface area contributed by atoms with Gasteiger partial charge in [0.15, 0.2) is 0 Å². The van der Waals surface area contributed by atoms with Gasteiger partial charge in [-0.15, -0.1) is 0 Å². The zero-order valence-electron chi connectivity index (χ0n) is 11.5. The van der Waals surface area contributed by atoms with Crippen molar-refractivity contribution in [2.75, 3.05) is 6.61 Å². The molecule has 0 amide bonds. The van der Waals surface area contributed by atoms with Gasteiger partial charge in [-0.1, -0.05) is 0 Å². The fourth-order valence-corrected chi connectivity index (χ4v) is 3.75. The third-order valence-electron chi connectivity index (χ3n) is 3.80. The largest absolute Gasteiger partial charge is 0.376 e. The van der Waals surface area contributed by atoms with E-state index in [1.807, 2.05) is 6.92 Å². The first-order valence-corrected chi connectivity index (χ1v) is 7.91. The lowest BCUT2D eigenvalue weighted by Gasteiger charge is -2.28. The summed E-state index contributed by atoms with van der Waals surface area (Å²) in [5, 5.41) is 0. The summed E-state index contributed by atoms with van der Waals surface area (Å²) < 4.78 is 46.2. The molecule has 0 bridgehead atoms. The van der Waals surface area contributed by atoms with Crippen LogP contribution in [0.1, 0.15) is 25.8 Å². The highest BCUT2D eigenvalue weighted by Gasteiger charge is 2.40. The summed E-state index contributed by atoms with van der Waals surface area (Å²) in [6.45, 7) is 4.09. The van der Waals surface area contributed by atoms with E-state index < -0.39 is 21.4 Å². The van der Waals surface area contributed by atoms with Gasteiger partial charge in [0, 0.05) is 18.7 Å². The Bertz CT molecular complexity index is 606. The van der Waals surface area contributed by atoms with Crippen LogP contribution in [0, 0.1) is 5.82 Å². The molecule has 1 fully saturated rings. The van der Waals surface area contributed by atoms with Crippen molar-refractivity contribution in [3.8, 4) is 0 Å². The third kappa shape index (κ3) is 2.85. The lowest BCUT2D eigenvalue weighted by molar-refractivity contribution is 0.0957. The summed E-state index contributed by atoms with van der Waals surface area (Å²) in [6.07, 6.45) is 0.380. The van der Waals surface area contributed by atoms with E-state index in [2.05, 4.69) is 4.72 Å². The van der Waals surface area contributed by atoms with Crippen LogP contribution in [-0.2, 0) is 21.3 Å². The normalized spacial score (nSPS) is 26.9. The molecule has 1 aromatic rings. The first-order chi connectivity index (χ1) is 9.28. The molecule has 0 radical (unpaired) electrons. The topological polar surface area (TPSA) is 81.4 Å². The summed E-state index contributed by atoms with van der Waals surface area (Å²) in [5.41, 5.74) is 4.92. The minimum Gasteiger partial charge on any atom is -0.376 e. The second-order valence-corrected chi connectivity index (χ2v) is 6.93. The van der Waals surface area contributed by atoms with E-state index in [9.17, 15) is 12.8 Å². The highest BCUT2D eigenvalue weighted by Crippen LogP contribution is 2.27. The fraction of sp³-hybridized carbons (Fsp3) is 0.538. The Labute approximate surface area is 118 Å². The quantitative estimate of drug-likeness (QED) is 0.873. The monoisotopic (exact) mass is 302 g/mol. The van der Waals surface area contributed by atoms with Crippen molar-refractivity contribution in [3.63, 3.8) is 0 Å². The molecule has 1 aliphatic rings. The lowest BCUT2D eigenvalue weighted by Crippen LogP contribution is -2.50. The van der Waals surface area contributed by atoms with Crippen LogP contribution in [0.2, 0.25) is 0 Å². The van der Waals surface area contributed by atoms with Crippen molar-refractivity contribution >= 4 is 10.0 Å². The molecule has 7 heteroatoms. The second kappa shape index (κ2) is 5.40. The van der Waals surface area contributed by atoms with Crippen molar-refractivity contribution in [3.05, 3.63) is 29.6 Å². The second-order valence-electron chi connectivity index (χ2n) is 5.24. The van der Waals surface area contributed by atoms with Crippen LogP contribution in [0.25, 0.3) is 0 Å². The molecule has 0 aromatic heterocycles. The number of hydrogen-bond donors (Lipinski definition) is 2. The highest BCUT2D eigenvalue weighted by molar-refractivity contribution is 7.89. The van der Waals surface area contributed by atoms with E-state index >= 15 is 0 Å². The average molecular weight is 302 g/mol. The van der Waals surface area contributed by atoms with E-state index in [4.69, 9.17) is 10.5 Å². The molecule has 3 N–H and O–H groups in total. The molecule has 0 spiro atoms. The highest BCUT2D eigenvalue weighted by atomic mass is 32.2. The first kappa shape index (κ1) is 15.4.